The third-order valence-corrected chi connectivity index (χ3v) is 4.70. The molecule has 0 N–H and O–H groups in total. The highest BCUT2D eigenvalue weighted by molar-refractivity contribution is 6.01. The summed E-state index contributed by atoms with van der Waals surface area (Å²) >= 11 is 0. The van der Waals surface area contributed by atoms with E-state index >= 15 is 0 Å². The largest absolute Gasteiger partial charge is 0.497 e. The van der Waals surface area contributed by atoms with Crippen LogP contribution in [0.25, 0.3) is 0 Å². The van der Waals surface area contributed by atoms with E-state index in [1.165, 1.54) is 6.07 Å². The number of carbonyl (C=O) groups is 1. The number of rotatable bonds is 7. The lowest BCUT2D eigenvalue weighted by atomic mass is 10.0. The Kier molecular flexibility index (Phi) is 6.29. The number of halogens is 1. The Hall–Kier alpha value is -2.89. The zero-order valence-corrected chi connectivity index (χ0v) is 16.4. The number of hydrogen-bond acceptors (Lipinski definition) is 4. The van der Waals surface area contributed by atoms with Crippen molar-refractivity contribution in [2.24, 2.45) is 11.1 Å². The lowest BCUT2D eigenvalue weighted by Crippen LogP contribution is -2.39. The van der Waals surface area contributed by atoms with Gasteiger partial charge in [-0.15, -0.1) is 0 Å². The number of ether oxygens (including phenoxy) is 1. The molecule has 1 atom stereocenters. The summed E-state index contributed by atoms with van der Waals surface area (Å²) in [7, 11) is 1.62. The first kappa shape index (κ1) is 19.9. The molecule has 3 rings (SSSR count). The van der Waals surface area contributed by atoms with Gasteiger partial charge in [0.2, 0.25) is 5.91 Å². The number of hydrogen-bond donors (Lipinski definition) is 0. The van der Waals surface area contributed by atoms with Gasteiger partial charge in [0, 0.05) is 24.4 Å². The number of methoxy groups -OCH3 is 1. The minimum absolute atomic E-state index is 0.0373. The van der Waals surface area contributed by atoms with Crippen molar-refractivity contribution in [2.75, 3.05) is 13.7 Å². The molecule has 1 aliphatic heterocycles. The molecule has 0 aliphatic carbocycles. The second kappa shape index (κ2) is 8.87. The molecule has 1 amide bonds. The van der Waals surface area contributed by atoms with Crippen LogP contribution in [0.3, 0.4) is 0 Å². The molecule has 1 aliphatic rings. The quantitative estimate of drug-likeness (QED) is 0.725. The maximum atomic E-state index is 14.1. The highest BCUT2D eigenvalue weighted by Crippen LogP contribution is 2.21. The van der Waals surface area contributed by atoms with Crippen LogP contribution in [0.2, 0.25) is 0 Å². The van der Waals surface area contributed by atoms with Gasteiger partial charge in [0.1, 0.15) is 11.6 Å². The molecule has 0 saturated carbocycles. The lowest BCUT2D eigenvalue weighted by molar-refractivity contribution is -0.137. The summed E-state index contributed by atoms with van der Waals surface area (Å²) in [6.07, 6.45) is 0.331. The Morgan fingerprint density at radius 3 is 2.61 bits per heavy atom. The average Bonchev–Trinajstić information content (AvgIpc) is 3.17. The molecular formula is C22H25FN2O3. The normalized spacial score (nSPS) is 15.9. The molecule has 0 fully saturated rings. The van der Waals surface area contributed by atoms with Crippen LogP contribution in [-0.2, 0) is 16.2 Å². The Balaban J connectivity index is 1.68. The topological polar surface area (TPSA) is 51.1 Å². The second-order valence-corrected chi connectivity index (χ2v) is 7.16. The summed E-state index contributed by atoms with van der Waals surface area (Å²) in [6, 6.07) is 14.1. The van der Waals surface area contributed by atoms with Gasteiger partial charge >= 0.3 is 0 Å². The van der Waals surface area contributed by atoms with Gasteiger partial charge in [-0.2, -0.15) is 0 Å². The summed E-state index contributed by atoms with van der Waals surface area (Å²) in [5.41, 5.74) is 2.28. The number of oxime groups is 1. The van der Waals surface area contributed by atoms with E-state index in [2.05, 4.69) is 5.16 Å². The maximum Gasteiger partial charge on any atom is 0.225 e. The highest BCUT2D eigenvalue weighted by atomic mass is 19.1. The summed E-state index contributed by atoms with van der Waals surface area (Å²) in [5, 5.41) is 4.19. The van der Waals surface area contributed by atoms with Gasteiger partial charge in [-0.25, -0.2) is 4.39 Å². The van der Waals surface area contributed by atoms with E-state index < -0.39 is 0 Å². The molecule has 1 heterocycles. The van der Waals surface area contributed by atoms with Gasteiger partial charge in [0.15, 0.2) is 6.10 Å². The Bertz CT molecular complexity index is 849. The third kappa shape index (κ3) is 4.68. The predicted octanol–water partition coefficient (Wildman–Crippen LogP) is 4.01. The summed E-state index contributed by atoms with van der Waals surface area (Å²) in [6.45, 7) is 4.24. The molecule has 0 bridgehead atoms. The molecule has 28 heavy (non-hydrogen) atoms. The van der Waals surface area contributed by atoms with Crippen molar-refractivity contribution in [1.82, 2.24) is 4.90 Å². The summed E-state index contributed by atoms with van der Waals surface area (Å²) in [5.74, 6) is 0.241. The van der Waals surface area contributed by atoms with Crippen LogP contribution in [0.4, 0.5) is 4.39 Å². The minimum atomic E-state index is -0.313. The van der Waals surface area contributed by atoms with Crippen LogP contribution < -0.4 is 4.74 Å². The van der Waals surface area contributed by atoms with Gasteiger partial charge in [-0.1, -0.05) is 37.2 Å². The third-order valence-electron chi connectivity index (χ3n) is 4.70. The van der Waals surface area contributed by atoms with Crippen molar-refractivity contribution in [2.45, 2.75) is 32.9 Å². The smallest absolute Gasteiger partial charge is 0.225 e. The van der Waals surface area contributed by atoms with Gasteiger partial charge in [-0.3, -0.25) is 4.79 Å². The average molecular weight is 384 g/mol. The van der Waals surface area contributed by atoms with E-state index in [-0.39, 0.29) is 30.3 Å². The van der Waals surface area contributed by atoms with E-state index in [1.54, 1.807) is 30.2 Å². The fraction of sp³-hybridized carbons (Fsp3) is 0.364. The van der Waals surface area contributed by atoms with E-state index in [0.717, 1.165) is 17.0 Å². The number of benzene rings is 2. The molecule has 0 radical (unpaired) electrons. The molecule has 0 saturated heterocycles. The number of carbonyl (C=O) groups excluding carboxylic acids is 1. The zero-order chi connectivity index (χ0) is 20.1. The molecule has 5 nitrogen and oxygen atoms in total. The monoisotopic (exact) mass is 384 g/mol. The first-order valence-electron chi connectivity index (χ1n) is 9.37. The standard InChI is InChI=1S/C22H25FN2O3/c1-15(2)22(26)25(13-17-6-4-5-7-20(17)23)14-19-12-21(24-28-19)16-8-10-18(27-3)11-9-16/h4-11,15,19H,12-14H2,1-3H3/t19-/m0/s1. The number of amides is 1. The SMILES string of the molecule is COc1ccc(C2=NO[C@H](CN(Cc3ccccc3F)C(=O)C(C)C)C2)cc1. The van der Waals surface area contributed by atoms with E-state index in [4.69, 9.17) is 9.57 Å². The molecule has 148 valence electrons. The van der Waals surface area contributed by atoms with Gasteiger partial charge in [-0.05, 0) is 35.9 Å². The molecular weight excluding hydrogens is 359 g/mol. The van der Waals surface area contributed by atoms with Crippen molar-refractivity contribution >= 4 is 11.6 Å². The summed E-state index contributed by atoms with van der Waals surface area (Å²) in [4.78, 5) is 19.9. The van der Waals surface area contributed by atoms with Crippen LogP contribution in [0, 0.1) is 11.7 Å². The molecule has 0 unspecified atom stereocenters. The molecule has 2 aromatic rings. The van der Waals surface area contributed by atoms with E-state index in [9.17, 15) is 9.18 Å². The van der Waals surface area contributed by atoms with Crippen LogP contribution in [0.5, 0.6) is 5.75 Å². The van der Waals surface area contributed by atoms with E-state index in [0.29, 0.717) is 18.5 Å². The molecule has 0 aromatic heterocycles. The predicted molar refractivity (Wildman–Crippen MR) is 106 cm³/mol. The minimum Gasteiger partial charge on any atom is -0.497 e. The first-order valence-corrected chi connectivity index (χ1v) is 9.37. The lowest BCUT2D eigenvalue weighted by Gasteiger charge is -2.26. The highest BCUT2D eigenvalue weighted by Gasteiger charge is 2.28. The maximum absolute atomic E-state index is 14.1. The van der Waals surface area contributed by atoms with Gasteiger partial charge in [0.05, 0.1) is 19.4 Å². The second-order valence-electron chi connectivity index (χ2n) is 7.16. The number of nitrogens with zero attached hydrogens (tertiary/aromatic N) is 2. The van der Waals surface area contributed by atoms with Crippen molar-refractivity contribution in [1.29, 1.82) is 0 Å². The van der Waals surface area contributed by atoms with Crippen LogP contribution >= 0.6 is 0 Å². The Morgan fingerprint density at radius 1 is 1.25 bits per heavy atom. The zero-order valence-electron chi connectivity index (χ0n) is 16.4. The molecule has 6 heteroatoms. The van der Waals surface area contributed by atoms with Crippen molar-refractivity contribution < 1.29 is 18.8 Å². The van der Waals surface area contributed by atoms with Crippen LogP contribution in [0.15, 0.2) is 53.7 Å². The van der Waals surface area contributed by atoms with Crippen LogP contribution in [-0.4, -0.2) is 36.3 Å². The summed E-state index contributed by atoms with van der Waals surface area (Å²) < 4.78 is 19.2. The van der Waals surface area contributed by atoms with E-state index in [1.807, 2.05) is 38.1 Å². The van der Waals surface area contributed by atoms with Crippen molar-refractivity contribution in [3.05, 3.63) is 65.5 Å². The van der Waals surface area contributed by atoms with Gasteiger partial charge in [0.25, 0.3) is 0 Å². The van der Waals surface area contributed by atoms with Crippen molar-refractivity contribution in [3.8, 4) is 5.75 Å². The van der Waals surface area contributed by atoms with Gasteiger partial charge < -0.3 is 14.5 Å². The molecule has 2 aromatic carbocycles. The Morgan fingerprint density at radius 2 is 1.96 bits per heavy atom. The fourth-order valence-electron chi connectivity index (χ4n) is 3.16. The first-order chi connectivity index (χ1) is 13.5. The van der Waals surface area contributed by atoms with Crippen LogP contribution in [0.1, 0.15) is 31.4 Å². The molecule has 0 spiro atoms. The van der Waals surface area contributed by atoms with Crippen molar-refractivity contribution in [3.63, 3.8) is 0 Å². The fourth-order valence-corrected chi connectivity index (χ4v) is 3.16. The Labute approximate surface area is 164 Å².